The SMILES string of the molecule is CCC(=O)O/N=C(\c1ccc2c(c1)C(CC)c1cc([N+](=O)[O-])ccc1-2)C1CCCC1. The van der Waals surface area contributed by atoms with Gasteiger partial charge in [-0.1, -0.05) is 44.0 Å². The Hall–Kier alpha value is -3.02. The van der Waals surface area contributed by atoms with Crippen molar-refractivity contribution >= 4 is 17.4 Å². The van der Waals surface area contributed by atoms with Gasteiger partial charge in [0.2, 0.25) is 0 Å². The van der Waals surface area contributed by atoms with Crippen LogP contribution in [-0.4, -0.2) is 16.6 Å². The monoisotopic (exact) mass is 406 g/mol. The molecule has 0 amide bonds. The second-order valence-corrected chi connectivity index (χ2v) is 8.07. The van der Waals surface area contributed by atoms with Gasteiger partial charge < -0.3 is 4.84 Å². The lowest BCUT2D eigenvalue weighted by Gasteiger charge is -2.16. The highest BCUT2D eigenvalue weighted by Gasteiger charge is 2.31. The fourth-order valence-electron chi connectivity index (χ4n) is 4.79. The van der Waals surface area contributed by atoms with Crippen LogP contribution >= 0.6 is 0 Å². The van der Waals surface area contributed by atoms with Gasteiger partial charge in [0.1, 0.15) is 0 Å². The van der Waals surface area contributed by atoms with E-state index in [0.29, 0.717) is 0 Å². The Balaban J connectivity index is 1.76. The van der Waals surface area contributed by atoms with E-state index in [-0.39, 0.29) is 34.8 Å². The topological polar surface area (TPSA) is 81.8 Å². The van der Waals surface area contributed by atoms with Gasteiger partial charge >= 0.3 is 5.97 Å². The highest BCUT2D eigenvalue weighted by molar-refractivity contribution is 6.03. The highest BCUT2D eigenvalue weighted by atomic mass is 16.7. The van der Waals surface area contributed by atoms with Crippen LogP contribution in [0.2, 0.25) is 0 Å². The first kappa shape index (κ1) is 20.3. The van der Waals surface area contributed by atoms with Gasteiger partial charge in [-0.2, -0.15) is 0 Å². The maximum Gasteiger partial charge on any atom is 0.334 e. The standard InChI is InChI=1S/C24H26N2O4/c1-3-18-21-13-16(24(15-7-5-6-8-15)25-30-23(27)4-2)9-11-19(21)20-12-10-17(26(28)29)14-22(18)20/h9-15,18H,3-8H2,1-2H3/b25-24-. The lowest BCUT2D eigenvalue weighted by molar-refractivity contribution is -0.384. The van der Waals surface area contributed by atoms with Crippen molar-refractivity contribution in [2.75, 3.05) is 0 Å². The van der Waals surface area contributed by atoms with Crippen molar-refractivity contribution in [3.8, 4) is 11.1 Å². The van der Waals surface area contributed by atoms with E-state index in [1.54, 1.807) is 19.1 Å². The van der Waals surface area contributed by atoms with E-state index in [1.807, 2.05) is 12.1 Å². The molecule has 4 rings (SSSR count). The molecule has 6 heteroatoms. The van der Waals surface area contributed by atoms with Gasteiger partial charge in [0.15, 0.2) is 0 Å². The van der Waals surface area contributed by atoms with Crippen LogP contribution in [0.1, 0.15) is 75.0 Å². The molecule has 0 bridgehead atoms. The minimum absolute atomic E-state index is 0.109. The number of nitrogens with zero attached hydrogens (tertiary/aromatic N) is 2. The number of non-ortho nitro benzene ring substituents is 1. The van der Waals surface area contributed by atoms with Gasteiger partial charge in [-0.25, -0.2) is 4.79 Å². The van der Waals surface area contributed by atoms with Crippen LogP contribution in [0.3, 0.4) is 0 Å². The third-order valence-electron chi connectivity index (χ3n) is 6.32. The summed E-state index contributed by atoms with van der Waals surface area (Å²) in [6.07, 6.45) is 5.54. The summed E-state index contributed by atoms with van der Waals surface area (Å²) >= 11 is 0. The number of carbonyl (C=O) groups excluding carboxylic acids is 1. The maximum absolute atomic E-state index is 11.7. The Morgan fingerprint density at radius 1 is 1.10 bits per heavy atom. The minimum Gasteiger partial charge on any atom is -0.318 e. The summed E-state index contributed by atoms with van der Waals surface area (Å²) in [7, 11) is 0. The molecule has 1 unspecified atom stereocenters. The molecule has 30 heavy (non-hydrogen) atoms. The normalized spacial score (nSPS) is 18.2. The lowest BCUT2D eigenvalue weighted by atomic mass is 9.89. The van der Waals surface area contributed by atoms with Crippen LogP contribution in [0.5, 0.6) is 0 Å². The van der Waals surface area contributed by atoms with Gasteiger partial charge in [-0.15, -0.1) is 0 Å². The average molecular weight is 406 g/mol. The largest absolute Gasteiger partial charge is 0.334 e. The number of nitro groups is 1. The first-order chi connectivity index (χ1) is 14.5. The van der Waals surface area contributed by atoms with Crippen molar-refractivity contribution < 1.29 is 14.6 Å². The molecule has 2 aromatic rings. The molecule has 0 spiro atoms. The molecular formula is C24H26N2O4. The molecule has 0 aromatic heterocycles. The highest BCUT2D eigenvalue weighted by Crippen LogP contribution is 2.48. The fraction of sp³-hybridized carbons (Fsp3) is 0.417. The zero-order chi connectivity index (χ0) is 21.3. The number of hydrogen-bond acceptors (Lipinski definition) is 5. The number of nitro benzene ring substituents is 1. The molecule has 0 aliphatic heterocycles. The van der Waals surface area contributed by atoms with E-state index < -0.39 is 0 Å². The van der Waals surface area contributed by atoms with Gasteiger partial charge in [0, 0.05) is 30.4 Å². The summed E-state index contributed by atoms with van der Waals surface area (Å²) in [5.41, 5.74) is 6.30. The minimum atomic E-state index is -0.339. The zero-order valence-electron chi connectivity index (χ0n) is 17.4. The number of hydrogen-bond donors (Lipinski definition) is 0. The number of carbonyl (C=O) groups is 1. The molecule has 6 nitrogen and oxygen atoms in total. The summed E-state index contributed by atoms with van der Waals surface area (Å²) in [6, 6.07) is 11.4. The third kappa shape index (κ3) is 3.62. The van der Waals surface area contributed by atoms with E-state index in [2.05, 4.69) is 24.2 Å². The van der Waals surface area contributed by atoms with Crippen LogP contribution in [-0.2, 0) is 9.63 Å². The summed E-state index contributed by atoms with van der Waals surface area (Å²) in [4.78, 5) is 27.8. The van der Waals surface area contributed by atoms with E-state index in [0.717, 1.165) is 65.6 Å². The van der Waals surface area contributed by atoms with Crippen LogP contribution < -0.4 is 0 Å². The van der Waals surface area contributed by atoms with Crippen molar-refractivity contribution in [2.45, 2.75) is 58.3 Å². The first-order valence-corrected chi connectivity index (χ1v) is 10.7. The Labute approximate surface area is 176 Å². The van der Waals surface area contributed by atoms with Gasteiger partial charge in [-0.3, -0.25) is 10.1 Å². The van der Waals surface area contributed by atoms with Crippen molar-refractivity contribution in [2.24, 2.45) is 11.1 Å². The lowest BCUT2D eigenvalue weighted by Crippen LogP contribution is -2.15. The predicted octanol–water partition coefficient (Wildman–Crippen LogP) is 5.96. The molecule has 2 aromatic carbocycles. The number of rotatable bonds is 6. The molecule has 156 valence electrons. The second-order valence-electron chi connectivity index (χ2n) is 8.07. The fourth-order valence-corrected chi connectivity index (χ4v) is 4.79. The summed E-state index contributed by atoms with van der Waals surface area (Å²) in [5.74, 6) is 0.0633. The van der Waals surface area contributed by atoms with Crippen molar-refractivity contribution in [3.05, 3.63) is 63.2 Å². The quantitative estimate of drug-likeness (QED) is 0.256. The summed E-state index contributed by atoms with van der Waals surface area (Å²) < 4.78 is 0. The molecule has 0 saturated heterocycles. The van der Waals surface area contributed by atoms with E-state index in [9.17, 15) is 14.9 Å². The molecular weight excluding hydrogens is 380 g/mol. The smallest absolute Gasteiger partial charge is 0.318 e. The van der Waals surface area contributed by atoms with Crippen molar-refractivity contribution in [3.63, 3.8) is 0 Å². The van der Waals surface area contributed by atoms with Gasteiger partial charge in [0.05, 0.1) is 10.6 Å². The Kier molecular flexibility index (Phi) is 5.66. The van der Waals surface area contributed by atoms with Crippen LogP contribution in [0.25, 0.3) is 11.1 Å². The average Bonchev–Trinajstić information content (AvgIpc) is 3.39. The Bertz CT molecular complexity index is 1020. The number of oxime groups is 1. The Morgan fingerprint density at radius 3 is 2.40 bits per heavy atom. The molecule has 1 atom stereocenters. The summed E-state index contributed by atoms with van der Waals surface area (Å²) in [5, 5.41) is 15.5. The molecule has 0 radical (unpaired) electrons. The molecule has 0 N–H and O–H groups in total. The molecule has 2 aliphatic carbocycles. The van der Waals surface area contributed by atoms with Crippen LogP contribution in [0, 0.1) is 16.0 Å². The van der Waals surface area contributed by atoms with Gasteiger partial charge in [0.25, 0.3) is 5.69 Å². The van der Waals surface area contributed by atoms with E-state index in [1.165, 1.54) is 0 Å². The molecule has 0 heterocycles. The number of benzene rings is 2. The number of fused-ring (bicyclic) bond motifs is 3. The van der Waals surface area contributed by atoms with Crippen molar-refractivity contribution in [1.82, 2.24) is 0 Å². The van der Waals surface area contributed by atoms with Crippen LogP contribution in [0.15, 0.2) is 41.6 Å². The first-order valence-electron chi connectivity index (χ1n) is 10.7. The predicted molar refractivity (Wildman–Crippen MR) is 116 cm³/mol. The zero-order valence-corrected chi connectivity index (χ0v) is 17.4. The molecule has 2 aliphatic rings. The third-order valence-corrected chi connectivity index (χ3v) is 6.32. The van der Waals surface area contributed by atoms with E-state index >= 15 is 0 Å². The molecule has 1 saturated carbocycles. The maximum atomic E-state index is 11.7. The van der Waals surface area contributed by atoms with E-state index in [4.69, 9.17) is 4.84 Å². The van der Waals surface area contributed by atoms with Crippen molar-refractivity contribution in [1.29, 1.82) is 0 Å². The molecule has 1 fully saturated rings. The summed E-state index contributed by atoms with van der Waals surface area (Å²) in [6.45, 7) is 3.86. The Morgan fingerprint density at radius 2 is 1.77 bits per heavy atom. The van der Waals surface area contributed by atoms with Crippen LogP contribution in [0.4, 0.5) is 5.69 Å². The van der Waals surface area contributed by atoms with Gasteiger partial charge in [-0.05, 0) is 59.2 Å². The second kappa shape index (κ2) is 8.38.